The standard InChI is InChI=1S/C18H17F2NO3/c1-10-4-3-5-11(2)17(10)12-6-13(18(20)14(19)7-12)15(21-9-22)8-16(23)24/h3-7,9,15H,8H2,1-2H3,(H,21,22)(H,23,24). The minimum absolute atomic E-state index is 0.192. The van der Waals surface area contributed by atoms with E-state index in [2.05, 4.69) is 5.32 Å². The van der Waals surface area contributed by atoms with Gasteiger partial charge in [-0.2, -0.15) is 0 Å². The first kappa shape index (κ1) is 17.6. The Morgan fingerprint density at radius 3 is 2.42 bits per heavy atom. The fourth-order valence-electron chi connectivity index (χ4n) is 2.79. The highest BCUT2D eigenvalue weighted by Gasteiger charge is 2.23. The Bertz CT molecular complexity index is 770. The SMILES string of the molecule is Cc1cccc(C)c1-c1cc(F)c(F)c(C(CC(=O)O)NC=O)c1. The molecule has 0 aliphatic rings. The zero-order valence-electron chi connectivity index (χ0n) is 13.3. The second kappa shape index (κ2) is 7.21. The molecule has 0 bridgehead atoms. The van der Waals surface area contributed by atoms with Gasteiger partial charge in [0, 0.05) is 5.56 Å². The molecule has 0 aliphatic carbocycles. The molecule has 1 atom stereocenters. The van der Waals surface area contributed by atoms with E-state index in [9.17, 15) is 18.4 Å². The largest absolute Gasteiger partial charge is 0.481 e. The fraction of sp³-hybridized carbons (Fsp3) is 0.222. The summed E-state index contributed by atoms with van der Waals surface area (Å²) in [4.78, 5) is 21.7. The summed E-state index contributed by atoms with van der Waals surface area (Å²) in [5.74, 6) is -3.48. The molecule has 2 rings (SSSR count). The summed E-state index contributed by atoms with van der Waals surface area (Å²) in [6.07, 6.45) is -0.276. The second-order valence-electron chi connectivity index (χ2n) is 5.56. The number of aryl methyl sites for hydroxylation is 2. The van der Waals surface area contributed by atoms with Crippen LogP contribution in [0.3, 0.4) is 0 Å². The predicted octanol–water partition coefficient (Wildman–Crippen LogP) is 3.51. The number of hydrogen-bond acceptors (Lipinski definition) is 2. The summed E-state index contributed by atoms with van der Waals surface area (Å²) in [5, 5.41) is 11.2. The molecule has 24 heavy (non-hydrogen) atoms. The molecule has 0 fully saturated rings. The van der Waals surface area contributed by atoms with Gasteiger partial charge < -0.3 is 10.4 Å². The molecule has 0 saturated heterocycles. The van der Waals surface area contributed by atoms with Crippen molar-refractivity contribution in [1.29, 1.82) is 0 Å². The number of carboxylic acid groups (broad SMARTS) is 1. The van der Waals surface area contributed by atoms with Gasteiger partial charge in [-0.25, -0.2) is 8.78 Å². The molecular formula is C18H17F2NO3. The van der Waals surface area contributed by atoms with Gasteiger partial charge in [0.15, 0.2) is 11.6 Å². The summed E-state index contributed by atoms with van der Waals surface area (Å²) >= 11 is 0. The Morgan fingerprint density at radius 1 is 1.25 bits per heavy atom. The van der Waals surface area contributed by atoms with Crippen LogP contribution in [0.1, 0.15) is 29.2 Å². The Morgan fingerprint density at radius 2 is 1.88 bits per heavy atom. The molecule has 1 unspecified atom stereocenters. The van der Waals surface area contributed by atoms with Crippen molar-refractivity contribution >= 4 is 12.4 Å². The lowest BCUT2D eigenvalue weighted by Crippen LogP contribution is -2.24. The van der Waals surface area contributed by atoms with E-state index in [4.69, 9.17) is 5.11 Å². The van der Waals surface area contributed by atoms with E-state index in [1.54, 1.807) is 0 Å². The zero-order valence-corrected chi connectivity index (χ0v) is 13.3. The average Bonchev–Trinajstić information content (AvgIpc) is 2.49. The molecule has 0 aromatic heterocycles. The number of rotatable bonds is 6. The average molecular weight is 333 g/mol. The molecule has 0 radical (unpaired) electrons. The summed E-state index contributed by atoms with van der Waals surface area (Å²) in [7, 11) is 0. The highest BCUT2D eigenvalue weighted by molar-refractivity contribution is 5.73. The minimum Gasteiger partial charge on any atom is -0.481 e. The van der Waals surface area contributed by atoms with Gasteiger partial charge in [0.2, 0.25) is 6.41 Å². The monoisotopic (exact) mass is 333 g/mol. The van der Waals surface area contributed by atoms with Crippen LogP contribution in [-0.4, -0.2) is 17.5 Å². The Balaban J connectivity index is 2.63. The van der Waals surface area contributed by atoms with E-state index in [1.807, 2.05) is 32.0 Å². The maximum Gasteiger partial charge on any atom is 0.305 e. The first-order valence-corrected chi connectivity index (χ1v) is 7.32. The fourth-order valence-corrected chi connectivity index (χ4v) is 2.79. The predicted molar refractivity (Wildman–Crippen MR) is 85.5 cm³/mol. The normalized spacial score (nSPS) is 11.8. The number of amides is 1. The van der Waals surface area contributed by atoms with E-state index < -0.39 is 30.1 Å². The number of halogens is 2. The maximum absolute atomic E-state index is 14.2. The van der Waals surface area contributed by atoms with Crippen LogP contribution in [0.2, 0.25) is 0 Å². The van der Waals surface area contributed by atoms with Crippen molar-refractivity contribution in [3.63, 3.8) is 0 Å². The van der Waals surface area contributed by atoms with Crippen molar-refractivity contribution in [3.05, 3.63) is 58.7 Å². The van der Waals surface area contributed by atoms with Crippen LogP contribution in [0.5, 0.6) is 0 Å². The molecule has 0 saturated carbocycles. The molecule has 0 spiro atoms. The van der Waals surface area contributed by atoms with Crippen LogP contribution in [0.15, 0.2) is 30.3 Å². The number of carbonyl (C=O) groups is 2. The van der Waals surface area contributed by atoms with Gasteiger partial charge in [-0.3, -0.25) is 9.59 Å². The van der Waals surface area contributed by atoms with Crippen LogP contribution in [0.25, 0.3) is 11.1 Å². The van der Waals surface area contributed by atoms with Gasteiger partial charge in [-0.05, 0) is 48.2 Å². The number of benzene rings is 2. The Labute approximate surface area is 138 Å². The quantitative estimate of drug-likeness (QED) is 0.795. The molecule has 0 heterocycles. The Hall–Kier alpha value is -2.76. The van der Waals surface area contributed by atoms with Crippen molar-refractivity contribution in [2.75, 3.05) is 0 Å². The van der Waals surface area contributed by atoms with Gasteiger partial charge in [-0.1, -0.05) is 18.2 Å². The number of hydrogen-bond donors (Lipinski definition) is 2. The lowest BCUT2D eigenvalue weighted by molar-refractivity contribution is -0.137. The van der Waals surface area contributed by atoms with Crippen LogP contribution in [0, 0.1) is 25.5 Å². The van der Waals surface area contributed by atoms with Crippen LogP contribution in [0.4, 0.5) is 8.78 Å². The first-order valence-electron chi connectivity index (χ1n) is 7.32. The van der Waals surface area contributed by atoms with E-state index in [1.165, 1.54) is 6.07 Å². The number of carboxylic acids is 1. The van der Waals surface area contributed by atoms with Crippen molar-refractivity contribution in [2.45, 2.75) is 26.3 Å². The third-order valence-corrected chi connectivity index (χ3v) is 3.85. The van der Waals surface area contributed by atoms with E-state index in [0.29, 0.717) is 5.56 Å². The topological polar surface area (TPSA) is 66.4 Å². The molecule has 1 amide bonds. The molecule has 4 nitrogen and oxygen atoms in total. The molecule has 2 aromatic rings. The lowest BCUT2D eigenvalue weighted by Gasteiger charge is -2.18. The molecule has 0 aliphatic heterocycles. The first-order chi connectivity index (χ1) is 11.3. The molecule has 2 aromatic carbocycles. The van der Waals surface area contributed by atoms with E-state index in [0.717, 1.165) is 22.8 Å². The third kappa shape index (κ3) is 3.59. The van der Waals surface area contributed by atoms with Crippen LogP contribution >= 0.6 is 0 Å². The Kier molecular flexibility index (Phi) is 5.28. The van der Waals surface area contributed by atoms with E-state index in [-0.39, 0.29) is 12.0 Å². The zero-order chi connectivity index (χ0) is 17.9. The van der Waals surface area contributed by atoms with Gasteiger partial charge in [0.05, 0.1) is 12.5 Å². The number of aliphatic carboxylic acids is 1. The molecule has 2 N–H and O–H groups in total. The minimum atomic E-state index is -1.23. The molecule has 126 valence electrons. The van der Waals surface area contributed by atoms with Crippen LogP contribution < -0.4 is 5.32 Å². The highest BCUT2D eigenvalue weighted by atomic mass is 19.2. The van der Waals surface area contributed by atoms with Crippen molar-refractivity contribution < 1.29 is 23.5 Å². The maximum atomic E-state index is 14.2. The van der Waals surface area contributed by atoms with E-state index >= 15 is 0 Å². The lowest BCUT2D eigenvalue weighted by atomic mass is 9.92. The van der Waals surface area contributed by atoms with Gasteiger partial charge in [0.1, 0.15) is 0 Å². The van der Waals surface area contributed by atoms with Gasteiger partial charge >= 0.3 is 5.97 Å². The molecular weight excluding hydrogens is 316 g/mol. The summed E-state index contributed by atoms with van der Waals surface area (Å²) in [6, 6.07) is 6.86. The highest BCUT2D eigenvalue weighted by Crippen LogP contribution is 2.32. The summed E-state index contributed by atoms with van der Waals surface area (Å²) in [5.41, 5.74) is 2.75. The molecule has 6 heteroatoms. The summed E-state index contributed by atoms with van der Waals surface area (Å²) in [6.45, 7) is 3.70. The van der Waals surface area contributed by atoms with Gasteiger partial charge in [0.25, 0.3) is 0 Å². The van der Waals surface area contributed by atoms with Gasteiger partial charge in [-0.15, -0.1) is 0 Å². The number of nitrogens with one attached hydrogen (secondary N) is 1. The second-order valence-corrected chi connectivity index (χ2v) is 5.56. The van der Waals surface area contributed by atoms with Crippen LogP contribution in [-0.2, 0) is 9.59 Å². The third-order valence-electron chi connectivity index (χ3n) is 3.85. The van der Waals surface area contributed by atoms with Crippen molar-refractivity contribution in [1.82, 2.24) is 5.32 Å². The number of carbonyl (C=O) groups excluding carboxylic acids is 1. The van der Waals surface area contributed by atoms with Crippen molar-refractivity contribution in [2.24, 2.45) is 0 Å². The summed E-state index contributed by atoms with van der Waals surface area (Å²) < 4.78 is 28.3. The van der Waals surface area contributed by atoms with Crippen molar-refractivity contribution in [3.8, 4) is 11.1 Å². The smallest absolute Gasteiger partial charge is 0.305 e.